The van der Waals surface area contributed by atoms with Crippen LogP contribution in [-0.4, -0.2) is 11.8 Å². The minimum absolute atomic E-state index is 0.00105. The molecule has 21 heavy (non-hydrogen) atoms. The first-order valence-corrected chi connectivity index (χ1v) is 6.90. The highest BCUT2D eigenvalue weighted by molar-refractivity contribution is 5.97. The van der Waals surface area contributed by atoms with Crippen LogP contribution in [0, 0.1) is 5.92 Å². The maximum atomic E-state index is 11.9. The molecule has 3 nitrogen and oxygen atoms in total. The topological polar surface area (TPSA) is 43.4 Å². The monoisotopic (exact) mass is 282 g/mol. The zero-order chi connectivity index (χ0) is 15.4. The lowest BCUT2D eigenvalue weighted by molar-refractivity contribution is -0.131. The first kappa shape index (κ1) is 15.0. The molecule has 0 bridgehead atoms. The van der Waals surface area contributed by atoms with Gasteiger partial charge < -0.3 is 4.74 Å². The number of ketones is 1. The normalized spacial score (nSPS) is 10.5. The summed E-state index contributed by atoms with van der Waals surface area (Å²) >= 11 is 0. The molecule has 0 aliphatic carbocycles. The second-order valence-corrected chi connectivity index (χ2v) is 5.21. The Hall–Kier alpha value is -2.42. The predicted molar refractivity (Wildman–Crippen MR) is 82.4 cm³/mol. The molecule has 0 spiro atoms. The summed E-state index contributed by atoms with van der Waals surface area (Å²) in [6, 6.07) is 14.8. The van der Waals surface area contributed by atoms with E-state index in [1.807, 2.05) is 50.2 Å². The standard InChI is InChI=1S/C18H18O3/c1-12(2)18(20)16-6-4-14(5-7-16)15-8-10-17(11-9-15)21-13(3)19/h4-12H,1-3H3. The second kappa shape index (κ2) is 6.35. The van der Waals surface area contributed by atoms with Gasteiger partial charge in [-0.3, -0.25) is 9.59 Å². The summed E-state index contributed by atoms with van der Waals surface area (Å²) in [5.74, 6) is 0.336. The molecule has 0 saturated carbocycles. The molecule has 2 rings (SSSR count). The highest BCUT2D eigenvalue weighted by Gasteiger charge is 2.10. The molecule has 0 saturated heterocycles. The Labute approximate surface area is 124 Å². The third-order valence-electron chi connectivity index (χ3n) is 3.14. The Kier molecular flexibility index (Phi) is 4.53. The number of esters is 1. The van der Waals surface area contributed by atoms with Crippen molar-refractivity contribution < 1.29 is 14.3 Å². The molecule has 0 aliphatic heterocycles. The van der Waals surface area contributed by atoms with E-state index in [-0.39, 0.29) is 17.7 Å². The lowest BCUT2D eigenvalue weighted by atomic mass is 9.98. The van der Waals surface area contributed by atoms with Crippen molar-refractivity contribution in [3.05, 3.63) is 54.1 Å². The van der Waals surface area contributed by atoms with Gasteiger partial charge in [-0.1, -0.05) is 50.2 Å². The van der Waals surface area contributed by atoms with Gasteiger partial charge in [-0.15, -0.1) is 0 Å². The number of carbonyl (C=O) groups is 2. The number of rotatable bonds is 4. The largest absolute Gasteiger partial charge is 0.427 e. The van der Waals surface area contributed by atoms with Crippen molar-refractivity contribution in [1.29, 1.82) is 0 Å². The lowest BCUT2D eigenvalue weighted by Gasteiger charge is -2.07. The first-order valence-electron chi connectivity index (χ1n) is 6.90. The van der Waals surface area contributed by atoms with Crippen molar-refractivity contribution in [3.8, 4) is 16.9 Å². The number of carbonyl (C=O) groups excluding carboxylic acids is 2. The van der Waals surface area contributed by atoms with Crippen molar-refractivity contribution in [3.63, 3.8) is 0 Å². The summed E-state index contributed by atoms with van der Waals surface area (Å²) in [4.78, 5) is 22.8. The van der Waals surface area contributed by atoms with Crippen LogP contribution in [0.25, 0.3) is 11.1 Å². The van der Waals surface area contributed by atoms with Gasteiger partial charge in [0.25, 0.3) is 0 Å². The number of benzene rings is 2. The Balaban J connectivity index is 2.19. The second-order valence-electron chi connectivity index (χ2n) is 5.21. The van der Waals surface area contributed by atoms with E-state index in [0.717, 1.165) is 16.7 Å². The van der Waals surface area contributed by atoms with Gasteiger partial charge in [0.05, 0.1) is 0 Å². The molecular weight excluding hydrogens is 264 g/mol. The van der Waals surface area contributed by atoms with Crippen LogP contribution in [0.15, 0.2) is 48.5 Å². The Morgan fingerprint density at radius 3 is 1.76 bits per heavy atom. The SMILES string of the molecule is CC(=O)Oc1ccc(-c2ccc(C(=O)C(C)C)cc2)cc1. The average molecular weight is 282 g/mol. The fourth-order valence-corrected chi connectivity index (χ4v) is 2.04. The van der Waals surface area contributed by atoms with E-state index in [1.165, 1.54) is 6.92 Å². The smallest absolute Gasteiger partial charge is 0.308 e. The van der Waals surface area contributed by atoms with Crippen LogP contribution in [0.5, 0.6) is 5.75 Å². The maximum absolute atomic E-state index is 11.9. The minimum atomic E-state index is -0.334. The van der Waals surface area contributed by atoms with E-state index in [4.69, 9.17) is 4.74 Å². The highest BCUT2D eigenvalue weighted by atomic mass is 16.5. The summed E-state index contributed by atoms with van der Waals surface area (Å²) in [7, 11) is 0. The first-order chi connectivity index (χ1) is 9.97. The molecule has 0 aromatic heterocycles. The van der Waals surface area contributed by atoms with Gasteiger partial charge in [0.2, 0.25) is 0 Å². The number of ether oxygens (including phenoxy) is 1. The lowest BCUT2D eigenvalue weighted by Crippen LogP contribution is -2.06. The van der Waals surface area contributed by atoms with Crippen LogP contribution in [0.3, 0.4) is 0 Å². The van der Waals surface area contributed by atoms with Crippen LogP contribution in [0.2, 0.25) is 0 Å². The molecule has 0 heterocycles. The third kappa shape index (κ3) is 3.78. The fraction of sp³-hybridized carbons (Fsp3) is 0.222. The van der Waals surface area contributed by atoms with E-state index in [2.05, 4.69) is 0 Å². The van der Waals surface area contributed by atoms with Crippen LogP contribution in [-0.2, 0) is 4.79 Å². The molecule has 2 aromatic carbocycles. The van der Waals surface area contributed by atoms with Gasteiger partial charge in [0, 0.05) is 18.4 Å². The van der Waals surface area contributed by atoms with E-state index in [1.54, 1.807) is 12.1 Å². The quantitative estimate of drug-likeness (QED) is 0.481. The van der Waals surface area contributed by atoms with Crippen LogP contribution < -0.4 is 4.74 Å². The van der Waals surface area contributed by atoms with E-state index >= 15 is 0 Å². The van der Waals surface area contributed by atoms with Crippen molar-refractivity contribution in [1.82, 2.24) is 0 Å². The van der Waals surface area contributed by atoms with E-state index in [9.17, 15) is 9.59 Å². The van der Waals surface area contributed by atoms with Gasteiger partial charge in [0.15, 0.2) is 5.78 Å². The molecule has 0 unspecified atom stereocenters. The summed E-state index contributed by atoms with van der Waals surface area (Å²) in [5, 5.41) is 0. The number of Topliss-reactive ketones (excluding diaryl/α,β-unsaturated/α-hetero) is 1. The number of hydrogen-bond donors (Lipinski definition) is 0. The van der Waals surface area contributed by atoms with Gasteiger partial charge in [-0.2, -0.15) is 0 Å². The molecule has 3 heteroatoms. The molecular formula is C18H18O3. The molecule has 2 aromatic rings. The molecule has 0 atom stereocenters. The molecule has 108 valence electrons. The third-order valence-corrected chi connectivity index (χ3v) is 3.14. The number of hydrogen-bond acceptors (Lipinski definition) is 3. The van der Waals surface area contributed by atoms with Gasteiger partial charge >= 0.3 is 5.97 Å². The summed E-state index contributed by atoms with van der Waals surface area (Å²) < 4.78 is 5.00. The summed E-state index contributed by atoms with van der Waals surface area (Å²) in [5.41, 5.74) is 2.75. The van der Waals surface area contributed by atoms with E-state index in [0.29, 0.717) is 5.75 Å². The Bertz CT molecular complexity index is 637. The van der Waals surface area contributed by atoms with Crippen LogP contribution in [0.1, 0.15) is 31.1 Å². The van der Waals surface area contributed by atoms with Gasteiger partial charge in [0.1, 0.15) is 5.75 Å². The maximum Gasteiger partial charge on any atom is 0.308 e. The zero-order valence-electron chi connectivity index (χ0n) is 12.4. The Morgan fingerprint density at radius 2 is 1.33 bits per heavy atom. The van der Waals surface area contributed by atoms with Gasteiger partial charge in [-0.05, 0) is 23.3 Å². The predicted octanol–water partition coefficient (Wildman–Crippen LogP) is 4.12. The van der Waals surface area contributed by atoms with Crippen molar-refractivity contribution >= 4 is 11.8 Å². The Morgan fingerprint density at radius 1 is 0.857 bits per heavy atom. The van der Waals surface area contributed by atoms with E-state index < -0.39 is 0 Å². The highest BCUT2D eigenvalue weighted by Crippen LogP contribution is 2.23. The average Bonchev–Trinajstić information content (AvgIpc) is 2.47. The molecule has 0 radical (unpaired) electrons. The van der Waals surface area contributed by atoms with Crippen molar-refractivity contribution in [2.24, 2.45) is 5.92 Å². The zero-order valence-corrected chi connectivity index (χ0v) is 12.4. The minimum Gasteiger partial charge on any atom is -0.427 e. The molecule has 0 amide bonds. The van der Waals surface area contributed by atoms with Crippen molar-refractivity contribution in [2.45, 2.75) is 20.8 Å². The molecule has 0 aliphatic rings. The molecule has 0 N–H and O–H groups in total. The van der Waals surface area contributed by atoms with Crippen molar-refractivity contribution in [2.75, 3.05) is 0 Å². The van der Waals surface area contributed by atoms with Crippen LogP contribution >= 0.6 is 0 Å². The van der Waals surface area contributed by atoms with Gasteiger partial charge in [-0.25, -0.2) is 0 Å². The van der Waals surface area contributed by atoms with Crippen LogP contribution in [0.4, 0.5) is 0 Å². The summed E-state index contributed by atoms with van der Waals surface area (Å²) in [6.07, 6.45) is 0. The fourth-order valence-electron chi connectivity index (χ4n) is 2.04. The molecule has 0 fully saturated rings. The summed E-state index contributed by atoms with van der Waals surface area (Å²) in [6.45, 7) is 5.16.